The number of ether oxygens (including phenoxy) is 1. The van der Waals surface area contributed by atoms with Crippen molar-refractivity contribution < 1.29 is 4.74 Å². The van der Waals surface area contributed by atoms with Crippen molar-refractivity contribution in [2.24, 2.45) is 0 Å². The van der Waals surface area contributed by atoms with Gasteiger partial charge in [-0.1, -0.05) is 30.1 Å². The molecule has 0 aliphatic carbocycles. The van der Waals surface area contributed by atoms with Gasteiger partial charge < -0.3 is 10.1 Å². The summed E-state index contributed by atoms with van der Waals surface area (Å²) in [4.78, 5) is 2.60. The molecule has 1 aromatic carbocycles. The van der Waals surface area contributed by atoms with Crippen molar-refractivity contribution in [3.63, 3.8) is 0 Å². The zero-order valence-corrected chi connectivity index (χ0v) is 13.8. The van der Waals surface area contributed by atoms with Gasteiger partial charge in [0.15, 0.2) is 0 Å². The number of nitrogens with one attached hydrogen (secondary N) is 1. The molecule has 0 bridgehead atoms. The van der Waals surface area contributed by atoms with Crippen molar-refractivity contribution in [2.45, 2.75) is 27.0 Å². The molecular weight excluding hydrogens is 313 g/mol. The molecule has 0 aliphatic rings. The minimum atomic E-state index is 0.524. The second kappa shape index (κ2) is 7.32. The SMILES string of the molecule is CCNCc1cc(COc2ccc(Cl)cc2Cl)c(C)s1. The van der Waals surface area contributed by atoms with Crippen LogP contribution in [0.15, 0.2) is 24.3 Å². The molecular formula is C15H17Cl2NOS. The van der Waals surface area contributed by atoms with Gasteiger partial charge in [0, 0.05) is 26.9 Å². The van der Waals surface area contributed by atoms with E-state index in [-0.39, 0.29) is 0 Å². The van der Waals surface area contributed by atoms with Crippen molar-refractivity contribution in [3.8, 4) is 5.75 Å². The second-order valence-electron chi connectivity index (χ2n) is 4.44. The number of hydrogen-bond donors (Lipinski definition) is 1. The van der Waals surface area contributed by atoms with Crippen LogP contribution in [0.4, 0.5) is 0 Å². The van der Waals surface area contributed by atoms with Gasteiger partial charge in [0.25, 0.3) is 0 Å². The topological polar surface area (TPSA) is 21.3 Å². The molecule has 2 aromatic rings. The maximum absolute atomic E-state index is 6.09. The number of benzene rings is 1. The molecule has 2 nitrogen and oxygen atoms in total. The molecule has 1 aromatic heterocycles. The number of thiophene rings is 1. The van der Waals surface area contributed by atoms with E-state index in [0.717, 1.165) is 13.1 Å². The van der Waals surface area contributed by atoms with Crippen LogP contribution < -0.4 is 10.1 Å². The molecule has 0 saturated carbocycles. The van der Waals surface area contributed by atoms with E-state index in [1.165, 1.54) is 15.3 Å². The summed E-state index contributed by atoms with van der Waals surface area (Å²) in [6.07, 6.45) is 0. The highest BCUT2D eigenvalue weighted by molar-refractivity contribution is 7.12. The zero-order valence-electron chi connectivity index (χ0n) is 11.5. The molecule has 0 unspecified atom stereocenters. The molecule has 1 heterocycles. The smallest absolute Gasteiger partial charge is 0.138 e. The standard InChI is InChI=1S/C15H17Cl2NOS/c1-3-18-8-13-6-11(10(2)20-13)9-19-15-5-4-12(16)7-14(15)17/h4-7,18H,3,8-9H2,1-2H3. The summed E-state index contributed by atoms with van der Waals surface area (Å²) in [5.41, 5.74) is 1.20. The molecule has 0 fully saturated rings. The first kappa shape index (κ1) is 15.6. The van der Waals surface area contributed by atoms with E-state index in [9.17, 15) is 0 Å². The molecule has 0 spiro atoms. The summed E-state index contributed by atoms with van der Waals surface area (Å²) in [5.74, 6) is 0.662. The first-order chi connectivity index (χ1) is 9.60. The van der Waals surface area contributed by atoms with Crippen LogP contribution in [0.5, 0.6) is 5.75 Å². The Morgan fingerprint density at radius 2 is 2.05 bits per heavy atom. The Balaban J connectivity index is 2.01. The quantitative estimate of drug-likeness (QED) is 0.800. The Kier molecular flexibility index (Phi) is 5.73. The van der Waals surface area contributed by atoms with Crippen LogP contribution in [0, 0.1) is 6.92 Å². The third kappa shape index (κ3) is 4.13. The lowest BCUT2D eigenvalue weighted by Gasteiger charge is -2.07. The largest absolute Gasteiger partial charge is 0.487 e. The lowest BCUT2D eigenvalue weighted by atomic mass is 10.2. The van der Waals surface area contributed by atoms with Gasteiger partial charge in [-0.3, -0.25) is 0 Å². The number of halogens is 2. The van der Waals surface area contributed by atoms with E-state index in [0.29, 0.717) is 22.4 Å². The number of rotatable bonds is 6. The molecule has 2 rings (SSSR count). The van der Waals surface area contributed by atoms with Gasteiger partial charge in [-0.2, -0.15) is 0 Å². The molecule has 0 amide bonds. The Morgan fingerprint density at radius 1 is 1.25 bits per heavy atom. The first-order valence-corrected chi connectivity index (χ1v) is 8.04. The van der Waals surface area contributed by atoms with Crippen LogP contribution in [0.25, 0.3) is 0 Å². The van der Waals surface area contributed by atoms with Gasteiger partial charge in [0.05, 0.1) is 5.02 Å². The molecule has 5 heteroatoms. The predicted molar refractivity (Wildman–Crippen MR) is 87.2 cm³/mol. The van der Waals surface area contributed by atoms with Crippen molar-refractivity contribution in [2.75, 3.05) is 6.54 Å². The van der Waals surface area contributed by atoms with Crippen molar-refractivity contribution >= 4 is 34.5 Å². The van der Waals surface area contributed by atoms with E-state index < -0.39 is 0 Å². The lowest BCUT2D eigenvalue weighted by molar-refractivity contribution is 0.306. The predicted octanol–water partition coefficient (Wildman–Crippen LogP) is 5.05. The molecule has 0 radical (unpaired) electrons. The van der Waals surface area contributed by atoms with Crippen LogP contribution in [0.2, 0.25) is 10.0 Å². The highest BCUT2D eigenvalue weighted by Crippen LogP contribution is 2.29. The third-order valence-electron chi connectivity index (χ3n) is 2.90. The van der Waals surface area contributed by atoms with Crippen molar-refractivity contribution in [1.82, 2.24) is 5.32 Å². The van der Waals surface area contributed by atoms with E-state index in [1.807, 2.05) is 0 Å². The average molecular weight is 330 g/mol. The fourth-order valence-electron chi connectivity index (χ4n) is 1.81. The molecule has 1 N–H and O–H groups in total. The second-order valence-corrected chi connectivity index (χ2v) is 6.62. The minimum absolute atomic E-state index is 0.524. The molecule has 0 atom stereocenters. The van der Waals surface area contributed by atoms with Crippen molar-refractivity contribution in [3.05, 3.63) is 49.6 Å². The van der Waals surface area contributed by atoms with Crippen LogP contribution in [0.3, 0.4) is 0 Å². The highest BCUT2D eigenvalue weighted by atomic mass is 35.5. The van der Waals surface area contributed by atoms with Crippen LogP contribution in [-0.4, -0.2) is 6.54 Å². The normalized spacial score (nSPS) is 10.8. The summed E-state index contributed by atoms with van der Waals surface area (Å²) in [5, 5.41) is 4.48. The maximum atomic E-state index is 6.09. The molecule has 108 valence electrons. The average Bonchev–Trinajstić information content (AvgIpc) is 2.76. The van der Waals surface area contributed by atoms with Gasteiger partial charge in [-0.05, 0) is 37.7 Å². The Labute approximate surface area is 133 Å². The van der Waals surface area contributed by atoms with E-state index >= 15 is 0 Å². The fourth-order valence-corrected chi connectivity index (χ4v) is 3.29. The summed E-state index contributed by atoms with van der Waals surface area (Å²) in [6.45, 7) is 6.62. The van der Waals surface area contributed by atoms with Gasteiger partial charge >= 0.3 is 0 Å². The van der Waals surface area contributed by atoms with Crippen molar-refractivity contribution in [1.29, 1.82) is 0 Å². The molecule has 20 heavy (non-hydrogen) atoms. The highest BCUT2D eigenvalue weighted by Gasteiger charge is 2.08. The van der Waals surface area contributed by atoms with Crippen LogP contribution in [-0.2, 0) is 13.2 Å². The summed E-state index contributed by atoms with van der Waals surface area (Å²) in [6, 6.07) is 7.45. The molecule has 0 aliphatic heterocycles. The van der Waals surface area contributed by atoms with Crippen LogP contribution >= 0.6 is 34.5 Å². The Bertz CT molecular complexity index is 583. The number of hydrogen-bond acceptors (Lipinski definition) is 3. The monoisotopic (exact) mass is 329 g/mol. The van der Waals surface area contributed by atoms with E-state index in [1.54, 1.807) is 29.5 Å². The van der Waals surface area contributed by atoms with E-state index in [2.05, 4.69) is 25.2 Å². The minimum Gasteiger partial charge on any atom is -0.487 e. The lowest BCUT2D eigenvalue weighted by Crippen LogP contribution is -2.10. The Hall–Kier alpha value is -0.740. The van der Waals surface area contributed by atoms with Crippen LogP contribution in [0.1, 0.15) is 22.2 Å². The summed E-state index contributed by atoms with van der Waals surface area (Å²) in [7, 11) is 0. The first-order valence-electron chi connectivity index (χ1n) is 6.47. The maximum Gasteiger partial charge on any atom is 0.138 e. The van der Waals surface area contributed by atoms with Gasteiger partial charge in [0.2, 0.25) is 0 Å². The molecule has 0 saturated heterocycles. The van der Waals surface area contributed by atoms with E-state index in [4.69, 9.17) is 27.9 Å². The zero-order chi connectivity index (χ0) is 14.5. The summed E-state index contributed by atoms with van der Waals surface area (Å²) >= 11 is 13.8. The number of aryl methyl sites for hydroxylation is 1. The van der Waals surface area contributed by atoms with Gasteiger partial charge in [-0.25, -0.2) is 0 Å². The fraction of sp³-hybridized carbons (Fsp3) is 0.333. The van der Waals surface area contributed by atoms with Gasteiger partial charge in [-0.15, -0.1) is 11.3 Å². The Morgan fingerprint density at radius 3 is 2.75 bits per heavy atom. The van der Waals surface area contributed by atoms with Gasteiger partial charge in [0.1, 0.15) is 12.4 Å². The summed E-state index contributed by atoms with van der Waals surface area (Å²) < 4.78 is 5.77. The third-order valence-corrected chi connectivity index (χ3v) is 4.52.